The van der Waals surface area contributed by atoms with E-state index in [9.17, 15) is 4.79 Å². The molecule has 0 saturated carbocycles. The molecule has 1 aromatic rings. The Morgan fingerprint density at radius 1 is 1.38 bits per heavy atom. The predicted octanol–water partition coefficient (Wildman–Crippen LogP) is 0.270. The Kier molecular flexibility index (Phi) is 4.33. The molecule has 2 saturated heterocycles. The van der Waals surface area contributed by atoms with Crippen molar-refractivity contribution in [3.05, 3.63) is 28.7 Å². The van der Waals surface area contributed by atoms with Gasteiger partial charge in [0.25, 0.3) is 5.91 Å². The number of benzene rings is 1. The standard InChI is InChI=1S/C14H15BN2O2S2/c15-10-1-2-11(17-3-5-19-6-4-17)9(7-10)8-12-13(18)16-14(20)21-12/h1-2,7-8H,3-6,15H2,(H,16,18,20)/b12-8-. The van der Waals surface area contributed by atoms with Gasteiger partial charge in [-0.2, -0.15) is 0 Å². The lowest BCUT2D eigenvalue weighted by Gasteiger charge is -2.30. The van der Waals surface area contributed by atoms with E-state index in [1.165, 1.54) is 17.2 Å². The Hall–Kier alpha value is -1.31. The summed E-state index contributed by atoms with van der Waals surface area (Å²) in [6, 6.07) is 6.31. The van der Waals surface area contributed by atoms with E-state index in [0.29, 0.717) is 9.23 Å². The molecule has 0 radical (unpaired) electrons. The summed E-state index contributed by atoms with van der Waals surface area (Å²) in [4.78, 5) is 14.8. The number of amides is 1. The number of carbonyl (C=O) groups excluding carboxylic acids is 1. The minimum Gasteiger partial charge on any atom is -0.378 e. The third-order valence-electron chi connectivity index (χ3n) is 3.46. The molecule has 3 rings (SSSR count). The van der Waals surface area contributed by atoms with Crippen LogP contribution in [0.1, 0.15) is 5.56 Å². The summed E-state index contributed by atoms with van der Waals surface area (Å²) in [7, 11) is 2.05. The largest absolute Gasteiger partial charge is 0.378 e. The lowest BCUT2D eigenvalue weighted by Crippen LogP contribution is -2.36. The molecule has 2 heterocycles. The van der Waals surface area contributed by atoms with E-state index in [2.05, 4.69) is 36.3 Å². The molecule has 108 valence electrons. The summed E-state index contributed by atoms with van der Waals surface area (Å²) < 4.78 is 5.93. The molecule has 0 spiro atoms. The number of anilines is 1. The molecule has 0 atom stereocenters. The zero-order chi connectivity index (χ0) is 14.8. The van der Waals surface area contributed by atoms with E-state index in [4.69, 9.17) is 17.0 Å². The van der Waals surface area contributed by atoms with Gasteiger partial charge >= 0.3 is 0 Å². The molecule has 2 fully saturated rings. The highest BCUT2D eigenvalue weighted by atomic mass is 32.2. The molecule has 0 bridgehead atoms. The molecule has 1 aromatic carbocycles. The quantitative estimate of drug-likeness (QED) is 0.482. The zero-order valence-electron chi connectivity index (χ0n) is 11.7. The van der Waals surface area contributed by atoms with E-state index in [1.54, 1.807) is 0 Å². The van der Waals surface area contributed by atoms with Crippen LogP contribution >= 0.6 is 24.0 Å². The minimum absolute atomic E-state index is 0.112. The van der Waals surface area contributed by atoms with Crippen molar-refractivity contribution in [2.75, 3.05) is 31.2 Å². The molecule has 2 aliphatic heterocycles. The van der Waals surface area contributed by atoms with Gasteiger partial charge in [-0.05, 0) is 17.7 Å². The average Bonchev–Trinajstić information content (AvgIpc) is 2.78. The first-order valence-electron chi connectivity index (χ1n) is 6.82. The monoisotopic (exact) mass is 318 g/mol. The number of hydrogen-bond donors (Lipinski definition) is 1. The molecule has 4 nitrogen and oxygen atoms in total. The van der Waals surface area contributed by atoms with Gasteiger partial charge in [-0.1, -0.05) is 41.6 Å². The number of rotatable bonds is 2. The fraction of sp³-hybridized carbons (Fsp3) is 0.286. The second kappa shape index (κ2) is 6.21. The summed E-state index contributed by atoms with van der Waals surface area (Å²) >= 11 is 6.35. The normalized spacial score (nSPS) is 21.0. The number of nitrogens with one attached hydrogen (secondary N) is 1. The molecule has 1 amide bonds. The highest BCUT2D eigenvalue weighted by molar-refractivity contribution is 8.26. The number of hydrogen-bond acceptors (Lipinski definition) is 5. The van der Waals surface area contributed by atoms with Gasteiger partial charge in [0.2, 0.25) is 0 Å². The number of carbonyl (C=O) groups is 1. The van der Waals surface area contributed by atoms with Gasteiger partial charge in [0.05, 0.1) is 18.1 Å². The first kappa shape index (κ1) is 14.6. The number of nitrogens with zero attached hydrogens (tertiary/aromatic N) is 1. The number of thiocarbonyl (C=S) groups is 1. The van der Waals surface area contributed by atoms with Gasteiger partial charge in [-0.15, -0.1) is 0 Å². The second-order valence-electron chi connectivity index (χ2n) is 5.01. The Morgan fingerprint density at radius 2 is 2.14 bits per heavy atom. The highest BCUT2D eigenvalue weighted by Gasteiger charge is 2.23. The predicted molar refractivity (Wildman–Crippen MR) is 94.0 cm³/mol. The second-order valence-corrected chi connectivity index (χ2v) is 6.73. The van der Waals surface area contributed by atoms with Crippen molar-refractivity contribution in [2.24, 2.45) is 0 Å². The Bertz CT molecular complexity index is 627. The van der Waals surface area contributed by atoms with Gasteiger partial charge in [-0.25, -0.2) is 0 Å². The van der Waals surface area contributed by atoms with Crippen LogP contribution in [-0.2, 0) is 9.53 Å². The first-order chi connectivity index (χ1) is 10.1. The van der Waals surface area contributed by atoms with E-state index in [1.807, 2.05) is 6.08 Å². The minimum atomic E-state index is -0.112. The van der Waals surface area contributed by atoms with Crippen molar-refractivity contribution in [3.8, 4) is 0 Å². The van der Waals surface area contributed by atoms with Crippen molar-refractivity contribution in [1.82, 2.24) is 5.32 Å². The smallest absolute Gasteiger partial charge is 0.263 e. The summed E-state index contributed by atoms with van der Waals surface area (Å²) in [5.41, 5.74) is 3.37. The van der Waals surface area contributed by atoms with Crippen LogP contribution in [0.25, 0.3) is 6.08 Å². The maximum Gasteiger partial charge on any atom is 0.263 e. The van der Waals surface area contributed by atoms with Crippen molar-refractivity contribution in [1.29, 1.82) is 0 Å². The summed E-state index contributed by atoms with van der Waals surface area (Å²) in [5, 5.41) is 2.65. The Labute approximate surface area is 134 Å². The zero-order valence-corrected chi connectivity index (χ0v) is 13.4. The number of morpholine rings is 1. The summed E-state index contributed by atoms with van der Waals surface area (Å²) in [6.45, 7) is 3.22. The van der Waals surface area contributed by atoms with Crippen LogP contribution in [-0.4, -0.2) is 44.4 Å². The fourth-order valence-corrected chi connectivity index (χ4v) is 3.48. The average molecular weight is 318 g/mol. The van der Waals surface area contributed by atoms with Gasteiger partial charge in [0.15, 0.2) is 0 Å². The highest BCUT2D eigenvalue weighted by Crippen LogP contribution is 2.29. The van der Waals surface area contributed by atoms with Crippen LogP contribution in [0.5, 0.6) is 0 Å². The molecule has 0 aromatic heterocycles. The summed E-state index contributed by atoms with van der Waals surface area (Å²) in [6.07, 6.45) is 1.93. The molecule has 0 unspecified atom stereocenters. The fourth-order valence-electron chi connectivity index (χ4n) is 2.44. The third kappa shape index (κ3) is 3.31. The van der Waals surface area contributed by atoms with Crippen LogP contribution in [0.4, 0.5) is 5.69 Å². The van der Waals surface area contributed by atoms with Crippen molar-refractivity contribution in [3.63, 3.8) is 0 Å². The van der Waals surface area contributed by atoms with Crippen LogP contribution < -0.4 is 15.7 Å². The number of ether oxygens (including phenoxy) is 1. The van der Waals surface area contributed by atoms with Crippen LogP contribution in [0.3, 0.4) is 0 Å². The van der Waals surface area contributed by atoms with Gasteiger partial charge < -0.3 is 15.0 Å². The lowest BCUT2D eigenvalue weighted by molar-refractivity contribution is -0.115. The van der Waals surface area contributed by atoms with Crippen LogP contribution in [0, 0.1) is 0 Å². The van der Waals surface area contributed by atoms with Crippen LogP contribution in [0.15, 0.2) is 23.1 Å². The van der Waals surface area contributed by atoms with E-state index < -0.39 is 0 Å². The first-order valence-corrected chi connectivity index (χ1v) is 8.04. The molecular formula is C14H15BN2O2S2. The van der Waals surface area contributed by atoms with Crippen molar-refractivity contribution in [2.45, 2.75) is 0 Å². The maximum absolute atomic E-state index is 11.8. The molecule has 21 heavy (non-hydrogen) atoms. The molecule has 1 N–H and O–H groups in total. The van der Waals surface area contributed by atoms with E-state index >= 15 is 0 Å². The van der Waals surface area contributed by atoms with Gasteiger partial charge in [0, 0.05) is 18.8 Å². The van der Waals surface area contributed by atoms with E-state index in [-0.39, 0.29) is 5.91 Å². The van der Waals surface area contributed by atoms with Crippen molar-refractivity contribution >= 4 is 59.3 Å². The van der Waals surface area contributed by atoms with Gasteiger partial charge in [0.1, 0.15) is 12.2 Å². The lowest BCUT2D eigenvalue weighted by atomic mass is 9.93. The molecule has 2 aliphatic rings. The third-order valence-corrected chi connectivity index (χ3v) is 4.63. The maximum atomic E-state index is 11.8. The summed E-state index contributed by atoms with van der Waals surface area (Å²) in [5.74, 6) is -0.112. The molecule has 7 heteroatoms. The Morgan fingerprint density at radius 3 is 2.81 bits per heavy atom. The van der Waals surface area contributed by atoms with Crippen LogP contribution in [0.2, 0.25) is 0 Å². The van der Waals surface area contributed by atoms with E-state index in [0.717, 1.165) is 37.6 Å². The van der Waals surface area contributed by atoms with Crippen molar-refractivity contribution < 1.29 is 9.53 Å². The molecular weight excluding hydrogens is 303 g/mol. The number of thioether (sulfide) groups is 1. The van der Waals surface area contributed by atoms with Gasteiger partial charge in [-0.3, -0.25) is 4.79 Å². The SMILES string of the molecule is Bc1ccc(N2CCOCC2)c(/C=C2\SC(=S)NC2=O)c1. The Balaban J connectivity index is 1.96. The molecule has 0 aliphatic carbocycles. The topological polar surface area (TPSA) is 41.6 Å².